The predicted molar refractivity (Wildman–Crippen MR) is 82.5 cm³/mol. The number of nitrogens with zero attached hydrogens (tertiary/aromatic N) is 3. The first-order valence-corrected chi connectivity index (χ1v) is 7.34. The quantitative estimate of drug-likeness (QED) is 0.851. The second kappa shape index (κ2) is 5.32. The van der Waals surface area contributed by atoms with Gasteiger partial charge in [0.15, 0.2) is 0 Å². The number of aromatic nitrogens is 2. The minimum Gasteiger partial charge on any atom is -0.308 e. The fourth-order valence-electron chi connectivity index (χ4n) is 1.83. The third kappa shape index (κ3) is 2.88. The number of carbonyl (C=O) groups excluding carboxylic acids is 1. The molecule has 2 rings (SSSR count). The number of pyridine rings is 1. The van der Waals surface area contributed by atoms with E-state index in [1.807, 2.05) is 24.4 Å². The van der Waals surface area contributed by atoms with Crippen LogP contribution >= 0.6 is 11.3 Å². The van der Waals surface area contributed by atoms with Crippen LogP contribution in [0.25, 0.3) is 0 Å². The summed E-state index contributed by atoms with van der Waals surface area (Å²) < 4.78 is 0. The van der Waals surface area contributed by atoms with E-state index in [1.54, 1.807) is 18.1 Å². The second-order valence-corrected chi connectivity index (χ2v) is 6.62. The highest BCUT2D eigenvalue weighted by atomic mass is 32.1. The van der Waals surface area contributed by atoms with Gasteiger partial charge in [-0.25, -0.2) is 4.98 Å². The van der Waals surface area contributed by atoms with Crippen molar-refractivity contribution in [2.24, 2.45) is 0 Å². The molecule has 0 saturated heterocycles. The lowest BCUT2D eigenvalue weighted by Crippen LogP contribution is -2.27. The summed E-state index contributed by atoms with van der Waals surface area (Å²) in [7, 11) is 1.75. The molecule has 0 bridgehead atoms. The Hall–Kier alpha value is -1.75. The largest absolute Gasteiger partial charge is 0.308 e. The molecule has 20 heavy (non-hydrogen) atoms. The van der Waals surface area contributed by atoms with Crippen LogP contribution < -0.4 is 4.90 Å². The van der Waals surface area contributed by atoms with Crippen molar-refractivity contribution in [2.45, 2.75) is 33.1 Å². The zero-order valence-corrected chi connectivity index (χ0v) is 13.3. The van der Waals surface area contributed by atoms with E-state index in [2.05, 4.69) is 30.7 Å². The minimum absolute atomic E-state index is 0.0357. The Morgan fingerprint density at radius 1 is 1.35 bits per heavy atom. The molecule has 2 aromatic rings. The van der Waals surface area contributed by atoms with Crippen molar-refractivity contribution in [3.63, 3.8) is 0 Å². The summed E-state index contributed by atoms with van der Waals surface area (Å²) in [6.45, 7) is 8.17. The average molecular weight is 289 g/mol. The minimum atomic E-state index is -0.104. The van der Waals surface area contributed by atoms with Gasteiger partial charge >= 0.3 is 0 Å². The molecule has 2 heterocycles. The summed E-state index contributed by atoms with van der Waals surface area (Å²) in [6.07, 6.45) is 1.72. The van der Waals surface area contributed by atoms with Gasteiger partial charge in [-0.1, -0.05) is 20.8 Å². The Morgan fingerprint density at radius 2 is 2.05 bits per heavy atom. The molecule has 0 aromatic carbocycles. The molecular formula is C15H19N3OS. The Balaban J connectivity index is 2.28. The fourth-order valence-corrected chi connectivity index (χ4v) is 2.71. The maximum atomic E-state index is 12.5. The molecule has 2 aromatic heterocycles. The number of carbonyl (C=O) groups is 1. The van der Waals surface area contributed by atoms with Gasteiger partial charge in [0.1, 0.15) is 5.69 Å². The number of hydrogen-bond donors (Lipinski definition) is 0. The van der Waals surface area contributed by atoms with Crippen LogP contribution in [0.15, 0.2) is 23.7 Å². The zero-order valence-electron chi connectivity index (χ0n) is 12.5. The Bertz CT molecular complexity index is 628. The van der Waals surface area contributed by atoms with E-state index in [0.29, 0.717) is 5.69 Å². The van der Waals surface area contributed by atoms with E-state index in [9.17, 15) is 4.79 Å². The lowest BCUT2D eigenvalue weighted by Gasteiger charge is -2.18. The van der Waals surface area contributed by atoms with E-state index in [1.165, 1.54) is 11.3 Å². The van der Waals surface area contributed by atoms with Crippen LogP contribution in [0.1, 0.15) is 42.0 Å². The van der Waals surface area contributed by atoms with Crippen molar-refractivity contribution >= 4 is 22.9 Å². The van der Waals surface area contributed by atoms with Crippen LogP contribution in [0.4, 0.5) is 5.69 Å². The van der Waals surface area contributed by atoms with Crippen LogP contribution in [0.2, 0.25) is 0 Å². The van der Waals surface area contributed by atoms with Crippen LogP contribution in [0.3, 0.4) is 0 Å². The third-order valence-corrected chi connectivity index (χ3v) is 4.28. The lowest BCUT2D eigenvalue weighted by molar-refractivity contribution is 0.0988. The van der Waals surface area contributed by atoms with Crippen molar-refractivity contribution in [3.8, 4) is 0 Å². The van der Waals surface area contributed by atoms with E-state index in [4.69, 9.17) is 0 Å². The first-order valence-electron chi connectivity index (χ1n) is 6.46. The number of rotatable bonds is 2. The zero-order chi connectivity index (χ0) is 14.9. The maximum absolute atomic E-state index is 12.5. The van der Waals surface area contributed by atoms with Gasteiger partial charge < -0.3 is 4.90 Å². The number of hydrogen-bond acceptors (Lipinski definition) is 4. The Labute approximate surface area is 123 Å². The van der Waals surface area contributed by atoms with Gasteiger partial charge in [0.25, 0.3) is 5.91 Å². The van der Waals surface area contributed by atoms with Gasteiger partial charge in [0.2, 0.25) is 0 Å². The Kier molecular flexibility index (Phi) is 3.90. The average Bonchev–Trinajstić information content (AvgIpc) is 2.87. The number of aryl methyl sites for hydroxylation is 1. The lowest BCUT2D eigenvalue weighted by atomic mass is 9.98. The fraction of sp³-hybridized carbons (Fsp3) is 0.400. The molecule has 5 heteroatoms. The van der Waals surface area contributed by atoms with Crippen LogP contribution in [-0.2, 0) is 5.41 Å². The van der Waals surface area contributed by atoms with Crippen molar-refractivity contribution in [1.29, 1.82) is 0 Å². The Morgan fingerprint density at radius 3 is 2.60 bits per heavy atom. The molecule has 0 aliphatic rings. The van der Waals surface area contributed by atoms with Gasteiger partial charge in [-0.05, 0) is 19.1 Å². The monoisotopic (exact) mass is 289 g/mol. The first-order chi connectivity index (χ1) is 9.30. The molecule has 0 aliphatic carbocycles. The summed E-state index contributed by atoms with van der Waals surface area (Å²) in [4.78, 5) is 22.8. The third-order valence-electron chi connectivity index (χ3n) is 3.01. The highest BCUT2D eigenvalue weighted by Gasteiger charge is 2.23. The van der Waals surface area contributed by atoms with Crippen molar-refractivity contribution in [3.05, 3.63) is 40.1 Å². The number of thiazole rings is 1. The van der Waals surface area contributed by atoms with Crippen LogP contribution in [0, 0.1) is 6.92 Å². The van der Waals surface area contributed by atoms with Gasteiger partial charge in [0, 0.05) is 24.0 Å². The highest BCUT2D eigenvalue weighted by Crippen LogP contribution is 2.26. The van der Waals surface area contributed by atoms with E-state index < -0.39 is 0 Å². The summed E-state index contributed by atoms with van der Waals surface area (Å²) in [5, 5.41) is 2.79. The smallest absolute Gasteiger partial charge is 0.277 e. The molecule has 0 aliphatic heterocycles. The molecule has 0 unspecified atom stereocenters. The van der Waals surface area contributed by atoms with Crippen molar-refractivity contribution in [2.75, 3.05) is 11.9 Å². The summed E-state index contributed by atoms with van der Waals surface area (Å²) in [6, 6.07) is 3.71. The van der Waals surface area contributed by atoms with Crippen molar-refractivity contribution in [1.82, 2.24) is 9.97 Å². The van der Waals surface area contributed by atoms with E-state index >= 15 is 0 Å². The first kappa shape index (κ1) is 14.7. The van der Waals surface area contributed by atoms with Crippen LogP contribution in [-0.4, -0.2) is 22.9 Å². The molecule has 0 atom stereocenters. The topological polar surface area (TPSA) is 46.1 Å². The summed E-state index contributed by atoms with van der Waals surface area (Å²) >= 11 is 1.53. The standard InChI is InChI=1S/C15H19N3OS/c1-10-12(7-6-8-16-10)18(5)13(19)11-9-20-14(17-11)15(2,3)4/h6-9H,1-5H3. The highest BCUT2D eigenvalue weighted by molar-refractivity contribution is 7.10. The molecule has 0 N–H and O–H groups in total. The van der Waals surface area contributed by atoms with E-state index in [0.717, 1.165) is 16.4 Å². The molecule has 0 saturated carbocycles. The normalized spacial score (nSPS) is 11.4. The van der Waals surface area contributed by atoms with Gasteiger partial charge in [-0.3, -0.25) is 9.78 Å². The van der Waals surface area contributed by atoms with Gasteiger partial charge in [0.05, 0.1) is 16.4 Å². The maximum Gasteiger partial charge on any atom is 0.277 e. The van der Waals surface area contributed by atoms with E-state index in [-0.39, 0.29) is 11.3 Å². The summed E-state index contributed by atoms with van der Waals surface area (Å²) in [5.74, 6) is -0.104. The molecule has 0 spiro atoms. The number of amides is 1. The molecule has 1 amide bonds. The van der Waals surface area contributed by atoms with Gasteiger partial charge in [-0.2, -0.15) is 0 Å². The molecular weight excluding hydrogens is 270 g/mol. The van der Waals surface area contributed by atoms with Gasteiger partial charge in [-0.15, -0.1) is 11.3 Å². The molecule has 106 valence electrons. The molecule has 0 fully saturated rings. The van der Waals surface area contributed by atoms with Crippen molar-refractivity contribution < 1.29 is 4.79 Å². The molecule has 0 radical (unpaired) electrons. The predicted octanol–water partition coefficient (Wildman–Crippen LogP) is 3.42. The SMILES string of the molecule is Cc1ncccc1N(C)C(=O)c1csc(C(C)(C)C)n1. The van der Waals surface area contributed by atoms with Crippen LogP contribution in [0.5, 0.6) is 0 Å². The molecule has 4 nitrogen and oxygen atoms in total. The second-order valence-electron chi connectivity index (χ2n) is 5.76. The number of anilines is 1. The summed E-state index contributed by atoms with van der Waals surface area (Å²) in [5.41, 5.74) is 2.09.